The highest BCUT2D eigenvalue weighted by Crippen LogP contribution is 2.24. The Labute approximate surface area is 95.6 Å². The largest absolute Gasteiger partial charge is 0.481 e. The lowest BCUT2D eigenvalue weighted by molar-refractivity contribution is -0.139. The van der Waals surface area contributed by atoms with Crippen molar-refractivity contribution >= 4 is 11.9 Å². The van der Waals surface area contributed by atoms with Crippen LogP contribution in [0, 0.1) is 5.92 Å². The molecule has 92 valence electrons. The fraction of sp³-hybridized carbons (Fsp3) is 0.818. The van der Waals surface area contributed by atoms with E-state index in [4.69, 9.17) is 10.8 Å². The third-order valence-corrected chi connectivity index (χ3v) is 3.10. The van der Waals surface area contributed by atoms with Crippen molar-refractivity contribution in [2.24, 2.45) is 11.7 Å². The molecule has 5 heteroatoms. The molecule has 0 radical (unpaired) electrons. The first-order valence-electron chi connectivity index (χ1n) is 5.73. The van der Waals surface area contributed by atoms with Crippen LogP contribution in [0.4, 0.5) is 0 Å². The second kappa shape index (κ2) is 5.84. The number of hydrogen-bond donors (Lipinski definition) is 2. The van der Waals surface area contributed by atoms with E-state index in [0.29, 0.717) is 0 Å². The second-order valence-electron chi connectivity index (χ2n) is 4.53. The van der Waals surface area contributed by atoms with E-state index < -0.39 is 5.97 Å². The summed E-state index contributed by atoms with van der Waals surface area (Å²) in [5, 5.41) is 8.54. The molecule has 2 atom stereocenters. The van der Waals surface area contributed by atoms with Gasteiger partial charge in [-0.1, -0.05) is 6.42 Å². The maximum absolute atomic E-state index is 11.9. The van der Waals surface area contributed by atoms with Crippen LogP contribution < -0.4 is 5.73 Å². The van der Waals surface area contributed by atoms with Crippen molar-refractivity contribution in [3.05, 3.63) is 0 Å². The van der Waals surface area contributed by atoms with E-state index in [-0.39, 0.29) is 30.8 Å². The predicted molar refractivity (Wildman–Crippen MR) is 59.8 cm³/mol. The van der Waals surface area contributed by atoms with Gasteiger partial charge in [-0.25, -0.2) is 0 Å². The van der Waals surface area contributed by atoms with Crippen molar-refractivity contribution in [1.29, 1.82) is 0 Å². The highest BCUT2D eigenvalue weighted by atomic mass is 16.4. The highest BCUT2D eigenvalue weighted by Gasteiger charge is 2.27. The number of hydrogen-bond acceptors (Lipinski definition) is 3. The molecule has 5 nitrogen and oxygen atoms in total. The number of carbonyl (C=O) groups is 2. The van der Waals surface area contributed by atoms with Crippen molar-refractivity contribution in [1.82, 2.24) is 4.90 Å². The first kappa shape index (κ1) is 13.0. The number of carboxylic acid groups (broad SMARTS) is 1. The SMILES string of the molecule is CN(CCC(=O)O)C(=O)C1CCCC(N)C1. The van der Waals surface area contributed by atoms with Crippen LogP contribution in [0.2, 0.25) is 0 Å². The van der Waals surface area contributed by atoms with Crippen molar-refractivity contribution in [3.8, 4) is 0 Å². The van der Waals surface area contributed by atoms with Crippen LogP contribution >= 0.6 is 0 Å². The first-order valence-corrected chi connectivity index (χ1v) is 5.73. The summed E-state index contributed by atoms with van der Waals surface area (Å²) in [5.74, 6) is -0.848. The predicted octanol–water partition coefficient (Wildman–Crippen LogP) is 0.437. The molecule has 0 bridgehead atoms. The average Bonchev–Trinajstić information content (AvgIpc) is 2.24. The molecule has 1 aliphatic rings. The molecule has 0 aliphatic heterocycles. The van der Waals surface area contributed by atoms with Gasteiger partial charge in [0.05, 0.1) is 6.42 Å². The third kappa shape index (κ3) is 3.81. The summed E-state index contributed by atoms with van der Waals surface area (Å²) in [6.45, 7) is 0.278. The quantitative estimate of drug-likeness (QED) is 0.731. The summed E-state index contributed by atoms with van der Waals surface area (Å²) in [4.78, 5) is 23.8. The molecule has 0 aromatic rings. The van der Waals surface area contributed by atoms with E-state index in [1.807, 2.05) is 0 Å². The molecule has 0 spiro atoms. The summed E-state index contributed by atoms with van der Waals surface area (Å²) >= 11 is 0. The van der Waals surface area contributed by atoms with Gasteiger partial charge in [-0.15, -0.1) is 0 Å². The van der Waals surface area contributed by atoms with Gasteiger partial charge in [-0.2, -0.15) is 0 Å². The van der Waals surface area contributed by atoms with E-state index >= 15 is 0 Å². The molecule has 1 rings (SSSR count). The molecule has 0 aromatic carbocycles. The molecule has 0 saturated heterocycles. The van der Waals surface area contributed by atoms with E-state index in [1.54, 1.807) is 7.05 Å². The Balaban J connectivity index is 2.40. The lowest BCUT2D eigenvalue weighted by Crippen LogP contribution is -2.39. The van der Waals surface area contributed by atoms with Crippen molar-refractivity contribution in [2.45, 2.75) is 38.1 Å². The number of carboxylic acids is 1. The standard InChI is InChI=1S/C11H20N2O3/c1-13(6-5-10(14)15)11(16)8-3-2-4-9(12)7-8/h8-9H,2-7,12H2,1H3,(H,14,15). The Kier molecular flexibility index (Phi) is 4.73. The van der Waals surface area contributed by atoms with Crippen LogP contribution in [0.25, 0.3) is 0 Å². The fourth-order valence-electron chi connectivity index (χ4n) is 2.14. The number of carbonyl (C=O) groups excluding carboxylic acids is 1. The fourth-order valence-corrected chi connectivity index (χ4v) is 2.14. The van der Waals surface area contributed by atoms with E-state index in [0.717, 1.165) is 25.7 Å². The number of aliphatic carboxylic acids is 1. The van der Waals surface area contributed by atoms with Crippen molar-refractivity contribution in [2.75, 3.05) is 13.6 Å². The van der Waals surface area contributed by atoms with Gasteiger partial charge in [-0.3, -0.25) is 9.59 Å². The summed E-state index contributed by atoms with van der Waals surface area (Å²) in [6, 6.07) is 0.121. The van der Waals surface area contributed by atoms with Gasteiger partial charge in [-0.05, 0) is 19.3 Å². The van der Waals surface area contributed by atoms with E-state index in [2.05, 4.69) is 0 Å². The minimum absolute atomic E-state index is 0.00101. The Morgan fingerprint density at radius 1 is 1.44 bits per heavy atom. The molecular formula is C11H20N2O3. The number of amides is 1. The van der Waals surface area contributed by atoms with Crippen LogP contribution in [-0.2, 0) is 9.59 Å². The summed E-state index contributed by atoms with van der Waals surface area (Å²) in [7, 11) is 1.66. The van der Waals surface area contributed by atoms with Gasteiger partial charge >= 0.3 is 5.97 Å². The first-order chi connectivity index (χ1) is 7.50. The lowest BCUT2D eigenvalue weighted by Gasteiger charge is -2.29. The Bertz CT molecular complexity index is 268. The number of nitrogens with zero attached hydrogens (tertiary/aromatic N) is 1. The maximum atomic E-state index is 11.9. The van der Waals surface area contributed by atoms with Crippen LogP contribution in [0.1, 0.15) is 32.1 Å². The van der Waals surface area contributed by atoms with Crippen molar-refractivity contribution < 1.29 is 14.7 Å². The Morgan fingerprint density at radius 3 is 2.69 bits per heavy atom. The highest BCUT2D eigenvalue weighted by molar-refractivity contribution is 5.79. The van der Waals surface area contributed by atoms with Gasteiger partial charge in [0.2, 0.25) is 5.91 Å². The van der Waals surface area contributed by atoms with Crippen LogP contribution in [0.15, 0.2) is 0 Å². The summed E-state index contributed by atoms with van der Waals surface area (Å²) in [6.07, 6.45) is 3.59. The molecule has 2 unspecified atom stereocenters. The Morgan fingerprint density at radius 2 is 2.12 bits per heavy atom. The summed E-state index contributed by atoms with van der Waals surface area (Å²) in [5.41, 5.74) is 5.82. The topological polar surface area (TPSA) is 83.6 Å². The second-order valence-corrected chi connectivity index (χ2v) is 4.53. The van der Waals surface area contributed by atoms with Crippen molar-refractivity contribution in [3.63, 3.8) is 0 Å². The molecule has 3 N–H and O–H groups in total. The van der Waals surface area contributed by atoms with Crippen LogP contribution in [0.3, 0.4) is 0 Å². The monoisotopic (exact) mass is 228 g/mol. The molecule has 0 aromatic heterocycles. The summed E-state index contributed by atoms with van der Waals surface area (Å²) < 4.78 is 0. The minimum Gasteiger partial charge on any atom is -0.481 e. The van der Waals surface area contributed by atoms with Gasteiger partial charge in [0.25, 0.3) is 0 Å². The van der Waals surface area contributed by atoms with Gasteiger partial charge in [0.15, 0.2) is 0 Å². The van der Waals surface area contributed by atoms with E-state index in [1.165, 1.54) is 4.90 Å². The molecule has 1 amide bonds. The molecule has 1 fully saturated rings. The minimum atomic E-state index is -0.875. The zero-order chi connectivity index (χ0) is 12.1. The molecule has 0 heterocycles. The van der Waals surface area contributed by atoms with Crippen LogP contribution in [-0.4, -0.2) is 41.5 Å². The van der Waals surface area contributed by atoms with Crippen LogP contribution in [0.5, 0.6) is 0 Å². The van der Waals surface area contributed by atoms with Gasteiger partial charge in [0.1, 0.15) is 0 Å². The maximum Gasteiger partial charge on any atom is 0.305 e. The van der Waals surface area contributed by atoms with Gasteiger partial charge < -0.3 is 15.7 Å². The zero-order valence-electron chi connectivity index (χ0n) is 9.69. The molecular weight excluding hydrogens is 208 g/mol. The normalized spacial score (nSPS) is 25.1. The van der Waals surface area contributed by atoms with E-state index in [9.17, 15) is 9.59 Å². The smallest absolute Gasteiger partial charge is 0.305 e. The zero-order valence-corrected chi connectivity index (χ0v) is 9.69. The lowest BCUT2D eigenvalue weighted by atomic mass is 9.85. The number of rotatable bonds is 4. The molecule has 1 aliphatic carbocycles. The van der Waals surface area contributed by atoms with Gasteiger partial charge in [0, 0.05) is 25.6 Å². The molecule has 16 heavy (non-hydrogen) atoms. The molecule has 1 saturated carbocycles. The Hall–Kier alpha value is -1.10. The average molecular weight is 228 g/mol. The number of nitrogens with two attached hydrogens (primary N) is 1. The third-order valence-electron chi connectivity index (χ3n) is 3.10.